The molecule has 108 valence electrons. The number of imidazole rings is 1. The molecule has 1 aromatic carbocycles. The van der Waals surface area contributed by atoms with Crippen molar-refractivity contribution in [2.75, 3.05) is 5.88 Å². The maximum atomic E-state index is 6.19. The van der Waals surface area contributed by atoms with Crippen LogP contribution in [0.5, 0.6) is 0 Å². The average molecular weight is 406 g/mol. The van der Waals surface area contributed by atoms with Gasteiger partial charge in [0.15, 0.2) is 5.65 Å². The Labute approximate surface area is 145 Å². The Kier molecular flexibility index (Phi) is 4.41. The number of pyridine rings is 1. The van der Waals surface area contributed by atoms with Crippen molar-refractivity contribution in [3.8, 4) is 5.69 Å². The van der Waals surface area contributed by atoms with Crippen LogP contribution in [0.2, 0.25) is 10.0 Å². The second-order valence-corrected chi connectivity index (χ2v) is 6.47. The Morgan fingerprint density at radius 3 is 2.71 bits per heavy atom. The summed E-state index contributed by atoms with van der Waals surface area (Å²) in [5, 5.41) is 1.18. The minimum Gasteiger partial charge on any atom is -0.281 e. The van der Waals surface area contributed by atoms with Crippen LogP contribution >= 0.6 is 50.7 Å². The Bertz CT molecular complexity index is 817. The molecule has 3 aromatic rings. The molecular weight excluding hydrogens is 396 g/mol. The highest BCUT2D eigenvalue weighted by molar-refractivity contribution is 9.10. The average Bonchev–Trinajstić information content (AvgIpc) is 2.79. The van der Waals surface area contributed by atoms with Gasteiger partial charge in [0.2, 0.25) is 0 Å². The fourth-order valence-electron chi connectivity index (χ4n) is 2.13. The summed E-state index contributed by atoms with van der Waals surface area (Å²) >= 11 is 21.4. The van der Waals surface area contributed by atoms with Crippen LogP contribution in [-0.4, -0.2) is 20.4 Å². The molecule has 0 spiro atoms. The molecule has 21 heavy (non-hydrogen) atoms. The van der Waals surface area contributed by atoms with Gasteiger partial charge < -0.3 is 0 Å². The van der Waals surface area contributed by atoms with Crippen LogP contribution in [0.25, 0.3) is 16.9 Å². The number of benzene rings is 1. The van der Waals surface area contributed by atoms with E-state index in [-0.39, 0.29) is 0 Å². The first-order valence-corrected chi connectivity index (χ1v) is 8.23. The molecule has 2 heterocycles. The molecule has 0 saturated heterocycles. The molecule has 3 rings (SSSR count). The maximum Gasteiger partial charge on any atom is 0.164 e. The fraction of sp³-hybridized carbons (Fsp3) is 0.143. The van der Waals surface area contributed by atoms with Crippen molar-refractivity contribution in [3.05, 3.63) is 50.8 Å². The van der Waals surface area contributed by atoms with Crippen molar-refractivity contribution in [2.24, 2.45) is 0 Å². The van der Waals surface area contributed by atoms with E-state index in [4.69, 9.17) is 34.8 Å². The van der Waals surface area contributed by atoms with E-state index in [9.17, 15) is 0 Å². The van der Waals surface area contributed by atoms with Gasteiger partial charge in [-0.2, -0.15) is 0 Å². The third kappa shape index (κ3) is 2.90. The zero-order valence-electron chi connectivity index (χ0n) is 10.7. The molecule has 0 radical (unpaired) electrons. The predicted octanol–water partition coefficient (Wildman–Crippen LogP) is 5.27. The summed E-state index contributed by atoms with van der Waals surface area (Å²) in [5.74, 6) is 1.30. The molecular formula is C14H9BrCl3N3. The van der Waals surface area contributed by atoms with Crippen molar-refractivity contribution >= 4 is 61.9 Å². The molecule has 7 heteroatoms. The summed E-state index contributed by atoms with van der Waals surface area (Å²) < 4.78 is 2.79. The minimum absolute atomic E-state index is 0.474. The number of hydrogen-bond acceptors (Lipinski definition) is 2. The van der Waals surface area contributed by atoms with E-state index in [1.54, 1.807) is 12.3 Å². The molecule has 0 saturated carbocycles. The summed E-state index contributed by atoms with van der Waals surface area (Å²) in [6.07, 6.45) is 2.23. The lowest BCUT2D eigenvalue weighted by Gasteiger charge is -2.09. The zero-order chi connectivity index (χ0) is 15.0. The second kappa shape index (κ2) is 6.13. The number of rotatable bonds is 3. The minimum atomic E-state index is 0.474. The van der Waals surface area contributed by atoms with Gasteiger partial charge in [-0.05, 0) is 40.2 Å². The number of hydrogen-bond donors (Lipinski definition) is 0. The highest BCUT2D eigenvalue weighted by Crippen LogP contribution is 2.28. The third-order valence-corrected chi connectivity index (χ3v) is 4.64. The van der Waals surface area contributed by atoms with Crippen LogP contribution in [-0.2, 0) is 6.42 Å². The first kappa shape index (κ1) is 15.1. The molecule has 0 aliphatic heterocycles. The predicted molar refractivity (Wildman–Crippen MR) is 91.0 cm³/mol. The molecule has 2 aromatic heterocycles. The summed E-state index contributed by atoms with van der Waals surface area (Å²) in [5.41, 5.74) is 2.36. The molecule has 0 unspecified atom stereocenters. The molecule has 0 bridgehead atoms. The van der Waals surface area contributed by atoms with Crippen molar-refractivity contribution in [1.82, 2.24) is 14.5 Å². The van der Waals surface area contributed by atoms with E-state index in [0.29, 0.717) is 22.3 Å². The zero-order valence-corrected chi connectivity index (χ0v) is 14.5. The molecule has 0 atom stereocenters. The van der Waals surface area contributed by atoms with E-state index >= 15 is 0 Å². The first-order valence-electron chi connectivity index (χ1n) is 6.14. The number of alkyl halides is 1. The topological polar surface area (TPSA) is 30.7 Å². The largest absolute Gasteiger partial charge is 0.281 e. The SMILES string of the molecule is ClCCc1nc2cc(Cl)cnc2n1-c1ccc(Br)c(Cl)c1. The molecule has 0 aliphatic rings. The summed E-state index contributed by atoms with van der Waals surface area (Å²) in [4.78, 5) is 8.95. The highest BCUT2D eigenvalue weighted by atomic mass is 79.9. The number of fused-ring (bicyclic) bond motifs is 1. The molecule has 3 nitrogen and oxygen atoms in total. The third-order valence-electron chi connectivity index (χ3n) is 3.01. The van der Waals surface area contributed by atoms with Crippen LogP contribution in [0, 0.1) is 0 Å². The van der Waals surface area contributed by atoms with Crippen LogP contribution in [0.3, 0.4) is 0 Å². The van der Waals surface area contributed by atoms with E-state index in [1.807, 2.05) is 22.8 Å². The van der Waals surface area contributed by atoms with E-state index in [0.717, 1.165) is 27.1 Å². The maximum absolute atomic E-state index is 6.19. The van der Waals surface area contributed by atoms with Gasteiger partial charge in [-0.15, -0.1) is 11.6 Å². The lowest BCUT2D eigenvalue weighted by molar-refractivity contribution is 0.905. The van der Waals surface area contributed by atoms with Crippen molar-refractivity contribution in [3.63, 3.8) is 0 Å². The number of nitrogens with zero attached hydrogens (tertiary/aromatic N) is 3. The van der Waals surface area contributed by atoms with Gasteiger partial charge in [-0.1, -0.05) is 23.2 Å². The van der Waals surface area contributed by atoms with E-state index < -0.39 is 0 Å². The van der Waals surface area contributed by atoms with Gasteiger partial charge in [0, 0.05) is 23.0 Å². The monoisotopic (exact) mass is 403 g/mol. The standard InChI is InChI=1S/C14H9BrCl3N3/c15-10-2-1-9(6-11(10)18)21-13(3-4-16)20-12-5-8(17)7-19-14(12)21/h1-2,5-7H,3-4H2. The highest BCUT2D eigenvalue weighted by Gasteiger charge is 2.14. The quantitative estimate of drug-likeness (QED) is 0.556. The first-order chi connectivity index (χ1) is 10.1. The lowest BCUT2D eigenvalue weighted by atomic mass is 10.3. The second-order valence-electron chi connectivity index (χ2n) is 4.40. The Morgan fingerprint density at radius 1 is 1.19 bits per heavy atom. The van der Waals surface area contributed by atoms with E-state index in [2.05, 4.69) is 25.9 Å². The van der Waals surface area contributed by atoms with Gasteiger partial charge in [-0.25, -0.2) is 9.97 Å². The van der Waals surface area contributed by atoms with Crippen molar-refractivity contribution in [2.45, 2.75) is 6.42 Å². The molecule has 0 N–H and O–H groups in total. The number of aromatic nitrogens is 3. The summed E-state index contributed by atoms with van der Waals surface area (Å²) in [6, 6.07) is 7.49. The van der Waals surface area contributed by atoms with Crippen molar-refractivity contribution < 1.29 is 0 Å². The summed E-state index contributed by atoms with van der Waals surface area (Å²) in [6.45, 7) is 0. The molecule has 0 amide bonds. The number of halogens is 4. The smallest absolute Gasteiger partial charge is 0.164 e. The normalized spacial score (nSPS) is 11.2. The number of aryl methyl sites for hydroxylation is 1. The van der Waals surface area contributed by atoms with Crippen LogP contribution in [0.15, 0.2) is 34.9 Å². The van der Waals surface area contributed by atoms with Crippen molar-refractivity contribution in [1.29, 1.82) is 0 Å². The van der Waals surface area contributed by atoms with E-state index in [1.165, 1.54) is 0 Å². The van der Waals surface area contributed by atoms with Gasteiger partial charge in [0.25, 0.3) is 0 Å². The van der Waals surface area contributed by atoms with Gasteiger partial charge in [0.1, 0.15) is 11.3 Å². The van der Waals surface area contributed by atoms with Crippen LogP contribution in [0.1, 0.15) is 5.82 Å². The Balaban J connectivity index is 2.27. The fourth-order valence-corrected chi connectivity index (χ4v) is 2.88. The molecule has 0 aliphatic carbocycles. The van der Waals surface area contributed by atoms with Gasteiger partial charge >= 0.3 is 0 Å². The summed E-state index contributed by atoms with van der Waals surface area (Å²) in [7, 11) is 0. The Morgan fingerprint density at radius 2 is 2.00 bits per heavy atom. The van der Waals surface area contributed by atoms with Gasteiger partial charge in [0.05, 0.1) is 15.7 Å². The van der Waals surface area contributed by atoms with Crippen LogP contribution in [0.4, 0.5) is 0 Å². The lowest BCUT2D eigenvalue weighted by Crippen LogP contribution is -2.03. The Hall–Kier alpha value is -0.810. The van der Waals surface area contributed by atoms with Crippen LogP contribution < -0.4 is 0 Å². The molecule has 0 fully saturated rings. The van der Waals surface area contributed by atoms with Gasteiger partial charge in [-0.3, -0.25) is 4.57 Å².